The number of carbonyl (C=O) groups is 4. The van der Waals surface area contributed by atoms with E-state index < -0.39 is 87.5 Å². The SMILES string of the molecule is C[C@H]1c2c(N(NC(=O)OCc3ccccc3)OCc3ccccc3)ccc(O)c2C(=O)C2=C(O)[C@]3(O)C(=O)C(C(N)=O)=C(O)[C@@H](N(C)C)[C@@H]3[C@@H](O)[C@@H]21. The first-order valence-corrected chi connectivity index (χ1v) is 16.3. The minimum atomic E-state index is -3.06. The number of phenolic OH excluding ortho intramolecular Hbond substituents is 1. The zero-order valence-electron chi connectivity index (χ0n) is 28.4. The van der Waals surface area contributed by atoms with Gasteiger partial charge in [0.05, 0.1) is 29.3 Å². The van der Waals surface area contributed by atoms with Crippen LogP contribution in [0.2, 0.25) is 0 Å². The number of carbonyl (C=O) groups excluding carboxylic acids is 4. The van der Waals surface area contributed by atoms with Gasteiger partial charge < -0.3 is 36.0 Å². The molecular formula is C37H38N4O11. The molecule has 8 N–H and O–H groups in total. The molecule has 0 fully saturated rings. The average molecular weight is 715 g/mol. The normalized spacial score (nSPS) is 25.3. The number of aliphatic hydroxyl groups excluding tert-OH is 3. The fourth-order valence-electron chi connectivity index (χ4n) is 7.57. The lowest BCUT2D eigenvalue weighted by atomic mass is 9.55. The summed E-state index contributed by atoms with van der Waals surface area (Å²) in [5, 5.41) is 58.9. The molecule has 0 saturated heterocycles. The van der Waals surface area contributed by atoms with Crippen LogP contribution in [0.15, 0.2) is 95.5 Å². The van der Waals surface area contributed by atoms with Crippen molar-refractivity contribution in [3.63, 3.8) is 0 Å². The predicted molar refractivity (Wildman–Crippen MR) is 183 cm³/mol. The highest BCUT2D eigenvalue weighted by atomic mass is 16.7. The van der Waals surface area contributed by atoms with Gasteiger partial charge in [0.25, 0.3) is 5.91 Å². The van der Waals surface area contributed by atoms with Gasteiger partial charge >= 0.3 is 6.09 Å². The lowest BCUT2D eigenvalue weighted by molar-refractivity contribution is -0.162. The molecule has 0 radical (unpaired) electrons. The third kappa shape index (κ3) is 5.82. The van der Waals surface area contributed by atoms with E-state index in [4.69, 9.17) is 15.3 Å². The van der Waals surface area contributed by atoms with Crippen LogP contribution in [0.4, 0.5) is 10.5 Å². The van der Waals surface area contributed by atoms with Gasteiger partial charge in [0.2, 0.25) is 5.78 Å². The molecular weight excluding hydrogens is 676 g/mol. The first-order valence-electron chi connectivity index (χ1n) is 16.3. The second kappa shape index (κ2) is 13.8. The Balaban J connectivity index is 1.46. The number of fused-ring (bicyclic) bond motifs is 3. The van der Waals surface area contributed by atoms with E-state index in [1.54, 1.807) is 55.5 Å². The molecule has 0 aliphatic heterocycles. The molecule has 0 spiro atoms. The quantitative estimate of drug-likeness (QED) is 0.125. The first kappa shape index (κ1) is 36.1. The maximum Gasteiger partial charge on any atom is 0.428 e. The molecule has 3 aliphatic carbocycles. The Morgan fingerprint density at radius 3 is 2.10 bits per heavy atom. The summed E-state index contributed by atoms with van der Waals surface area (Å²) < 4.78 is 5.42. The molecule has 3 aliphatic rings. The summed E-state index contributed by atoms with van der Waals surface area (Å²) in [6.07, 6.45) is -2.76. The minimum Gasteiger partial charge on any atom is -0.510 e. The third-order valence-electron chi connectivity index (χ3n) is 9.91. The van der Waals surface area contributed by atoms with Crippen molar-refractivity contribution in [3.8, 4) is 5.75 Å². The van der Waals surface area contributed by atoms with Crippen molar-refractivity contribution < 1.29 is 54.3 Å². The van der Waals surface area contributed by atoms with Crippen LogP contribution in [-0.2, 0) is 32.4 Å². The van der Waals surface area contributed by atoms with Gasteiger partial charge in [-0.05, 0) is 48.8 Å². The smallest absolute Gasteiger partial charge is 0.428 e. The molecule has 0 aromatic heterocycles. The topological polar surface area (TPSA) is 232 Å². The van der Waals surface area contributed by atoms with Crippen LogP contribution in [0.5, 0.6) is 5.75 Å². The number of anilines is 1. The number of aromatic hydroxyl groups is 1. The Bertz CT molecular complexity index is 2000. The van der Waals surface area contributed by atoms with Crippen LogP contribution in [0.25, 0.3) is 0 Å². The molecule has 6 atom stereocenters. The molecule has 2 amide bonds. The molecule has 15 nitrogen and oxygen atoms in total. The Morgan fingerprint density at radius 1 is 0.923 bits per heavy atom. The van der Waals surface area contributed by atoms with Crippen LogP contribution in [0.3, 0.4) is 0 Å². The molecule has 6 rings (SSSR count). The van der Waals surface area contributed by atoms with E-state index in [-0.39, 0.29) is 30.0 Å². The van der Waals surface area contributed by atoms with Gasteiger partial charge in [-0.3, -0.25) is 19.3 Å². The number of phenols is 1. The average Bonchev–Trinajstić information content (AvgIpc) is 3.11. The fourth-order valence-corrected chi connectivity index (χ4v) is 7.57. The number of amides is 2. The summed E-state index contributed by atoms with van der Waals surface area (Å²) in [6, 6.07) is 19.0. The van der Waals surface area contributed by atoms with Crippen LogP contribution < -0.4 is 16.3 Å². The number of Topliss-reactive ketones (excluding diaryl/α,β-unsaturated/α-hetero) is 2. The zero-order valence-corrected chi connectivity index (χ0v) is 28.4. The highest BCUT2D eigenvalue weighted by molar-refractivity contribution is 6.25. The van der Waals surface area contributed by atoms with Crippen LogP contribution in [-0.4, -0.2) is 85.8 Å². The Morgan fingerprint density at radius 2 is 1.52 bits per heavy atom. The van der Waals surface area contributed by atoms with E-state index >= 15 is 0 Å². The highest BCUT2D eigenvalue weighted by Gasteiger charge is 2.67. The van der Waals surface area contributed by atoms with Gasteiger partial charge in [-0.1, -0.05) is 67.6 Å². The third-order valence-corrected chi connectivity index (χ3v) is 9.91. The zero-order chi connectivity index (χ0) is 37.6. The molecule has 52 heavy (non-hydrogen) atoms. The molecule has 0 unspecified atom stereocenters. The summed E-state index contributed by atoms with van der Waals surface area (Å²) in [6.45, 7) is 1.41. The minimum absolute atomic E-state index is 0.0513. The highest BCUT2D eigenvalue weighted by Crippen LogP contribution is 2.56. The predicted octanol–water partition coefficient (Wildman–Crippen LogP) is 2.43. The number of benzene rings is 3. The van der Waals surface area contributed by atoms with Crippen molar-refractivity contribution in [3.05, 3.63) is 118 Å². The van der Waals surface area contributed by atoms with Crippen molar-refractivity contribution in [2.24, 2.45) is 17.6 Å². The number of hydrogen-bond acceptors (Lipinski definition) is 13. The first-order chi connectivity index (χ1) is 24.7. The van der Waals surface area contributed by atoms with Crippen molar-refractivity contribution in [2.45, 2.75) is 43.8 Å². The summed E-state index contributed by atoms with van der Waals surface area (Å²) in [7, 11) is 2.90. The summed E-state index contributed by atoms with van der Waals surface area (Å²) in [4.78, 5) is 60.9. The number of likely N-dealkylation sites (N-methyl/N-ethyl adjacent to an activating group) is 1. The maximum atomic E-state index is 14.4. The van der Waals surface area contributed by atoms with Gasteiger partial charge in [-0.2, -0.15) is 5.17 Å². The number of aliphatic hydroxyl groups is 4. The molecule has 3 aromatic rings. The van der Waals surface area contributed by atoms with Gasteiger partial charge in [0, 0.05) is 11.5 Å². The van der Waals surface area contributed by atoms with E-state index in [2.05, 4.69) is 5.43 Å². The van der Waals surface area contributed by atoms with E-state index in [9.17, 15) is 44.7 Å². The lowest BCUT2D eigenvalue weighted by Gasteiger charge is -2.53. The molecule has 272 valence electrons. The van der Waals surface area contributed by atoms with Gasteiger partial charge in [-0.15, -0.1) is 0 Å². The Labute approximate surface area is 297 Å². The number of ether oxygens (including phenoxy) is 1. The van der Waals surface area contributed by atoms with Crippen LogP contribution in [0.1, 0.15) is 39.9 Å². The lowest BCUT2D eigenvalue weighted by Crippen LogP contribution is -2.68. The standard InChI is InChI=1S/C37H38N4O11/c1-18-23-21(41(52-17-20-12-8-5-9-13-20)39-36(49)51-16-19-10-6-4-7-11-19)14-15-22(42)25(23)30(43)26-24(18)31(44)28-29(40(2)3)32(45)27(35(38)48)34(47)37(28,50)33(26)46/h4-15,18,24,28-29,31,42,44-46,50H,16-17H2,1-3H3,(H2,38,48)(H,39,49)/t18-,24+,28+,29-,31-,37-/m0/s1. The maximum absolute atomic E-state index is 14.4. The molecule has 15 heteroatoms. The van der Waals surface area contributed by atoms with Crippen molar-refractivity contribution >= 4 is 29.3 Å². The number of hydrogen-bond donors (Lipinski definition) is 7. The second-order valence-electron chi connectivity index (χ2n) is 13.2. The number of hydrazine groups is 1. The second-order valence-corrected chi connectivity index (χ2v) is 13.2. The van der Waals surface area contributed by atoms with Gasteiger partial charge in [-0.25, -0.2) is 15.1 Å². The summed E-state index contributed by atoms with van der Waals surface area (Å²) >= 11 is 0. The number of rotatable bonds is 9. The molecule has 0 heterocycles. The Hall–Kier alpha value is -5.74. The number of ketones is 2. The molecule has 3 aromatic carbocycles. The fraction of sp³-hybridized carbons (Fsp3) is 0.297. The van der Waals surface area contributed by atoms with Crippen LogP contribution in [0, 0.1) is 11.8 Å². The van der Waals surface area contributed by atoms with E-state index in [0.29, 0.717) is 11.1 Å². The molecule has 0 bridgehead atoms. The molecule has 0 saturated carbocycles. The van der Waals surface area contributed by atoms with Crippen LogP contribution >= 0.6 is 0 Å². The number of nitrogens with two attached hydrogens (primary N) is 1. The van der Waals surface area contributed by atoms with Crippen molar-refractivity contribution in [1.82, 2.24) is 10.3 Å². The van der Waals surface area contributed by atoms with Gasteiger partial charge in [0.1, 0.15) is 36.1 Å². The largest absolute Gasteiger partial charge is 0.510 e. The monoisotopic (exact) mass is 714 g/mol. The number of nitrogens with zero attached hydrogens (tertiary/aromatic N) is 2. The van der Waals surface area contributed by atoms with E-state index in [0.717, 1.165) is 11.2 Å². The number of nitrogens with one attached hydrogen (secondary N) is 1. The summed E-state index contributed by atoms with van der Waals surface area (Å²) in [5.74, 6) is -10.5. The summed E-state index contributed by atoms with van der Waals surface area (Å²) in [5.41, 5.74) is 4.47. The van der Waals surface area contributed by atoms with E-state index in [1.807, 2.05) is 12.1 Å². The van der Waals surface area contributed by atoms with Gasteiger partial charge in [0.15, 0.2) is 11.4 Å². The number of primary amides is 1. The Kier molecular flexibility index (Phi) is 9.55. The van der Waals surface area contributed by atoms with Crippen molar-refractivity contribution in [2.75, 3.05) is 19.3 Å². The van der Waals surface area contributed by atoms with Crippen molar-refractivity contribution in [1.29, 1.82) is 0 Å². The van der Waals surface area contributed by atoms with E-state index in [1.165, 1.54) is 25.1 Å².